The molecular formula is C23H22ClN3O4S2. The van der Waals surface area contributed by atoms with Crippen molar-refractivity contribution in [3.05, 3.63) is 50.9 Å². The van der Waals surface area contributed by atoms with E-state index in [4.69, 9.17) is 21.1 Å². The summed E-state index contributed by atoms with van der Waals surface area (Å²) in [6, 6.07) is 7.27. The molecule has 4 aromatic rings. The van der Waals surface area contributed by atoms with Crippen molar-refractivity contribution in [3.8, 4) is 22.1 Å². The summed E-state index contributed by atoms with van der Waals surface area (Å²) in [5.74, 6) is 0.815. The maximum Gasteiger partial charge on any atom is 0.349 e. The number of ether oxygens (including phenoxy) is 2. The minimum Gasteiger partial charge on any atom is -0.495 e. The number of aromatic nitrogens is 2. The lowest BCUT2D eigenvalue weighted by Gasteiger charge is -2.08. The third kappa shape index (κ3) is 4.75. The Bertz CT molecular complexity index is 1320. The van der Waals surface area contributed by atoms with E-state index in [1.54, 1.807) is 24.5 Å². The molecule has 4 rings (SSSR count). The van der Waals surface area contributed by atoms with Crippen LogP contribution in [-0.2, 0) is 6.42 Å². The molecule has 0 saturated carbocycles. The Balaban J connectivity index is 1.53. The van der Waals surface area contributed by atoms with Crippen LogP contribution in [0.5, 0.6) is 11.5 Å². The highest BCUT2D eigenvalue weighted by Gasteiger charge is 2.19. The van der Waals surface area contributed by atoms with Gasteiger partial charge in [0.2, 0.25) is 0 Å². The standard InChI is InChI=1S/C23H22ClN3O4S2/c1-4-31-17-10-18(33-22(17)23(28)29)15-9-19(27-11-26-15)25-8-7-13-12(2)32-21-16(30-3)6-5-14(24)20(13)21/h5-6,9-11H,4,7-8H2,1-3H3,(H,28,29)(H,25,26,27). The van der Waals surface area contributed by atoms with Gasteiger partial charge < -0.3 is 19.9 Å². The van der Waals surface area contributed by atoms with Crippen LogP contribution < -0.4 is 14.8 Å². The molecule has 2 N–H and O–H groups in total. The van der Waals surface area contributed by atoms with E-state index < -0.39 is 5.97 Å². The van der Waals surface area contributed by atoms with E-state index in [1.807, 2.05) is 25.1 Å². The number of nitrogens with zero attached hydrogens (tertiary/aromatic N) is 2. The first-order chi connectivity index (χ1) is 15.9. The number of thiophene rings is 2. The molecule has 0 amide bonds. The fraction of sp³-hybridized carbons (Fsp3) is 0.261. The number of methoxy groups -OCH3 is 1. The molecular weight excluding hydrogens is 482 g/mol. The van der Waals surface area contributed by atoms with Gasteiger partial charge in [0.05, 0.1) is 29.0 Å². The fourth-order valence-electron chi connectivity index (χ4n) is 3.59. The predicted octanol–water partition coefficient (Wildman–Crippen LogP) is 6.14. The van der Waals surface area contributed by atoms with Gasteiger partial charge in [-0.2, -0.15) is 0 Å². The number of rotatable bonds is 9. The zero-order valence-electron chi connectivity index (χ0n) is 18.3. The predicted molar refractivity (Wildman–Crippen MR) is 134 cm³/mol. The van der Waals surface area contributed by atoms with Crippen molar-refractivity contribution in [2.45, 2.75) is 20.3 Å². The van der Waals surface area contributed by atoms with Crippen LogP contribution in [0.2, 0.25) is 5.02 Å². The Morgan fingerprint density at radius 1 is 1.21 bits per heavy atom. The summed E-state index contributed by atoms with van der Waals surface area (Å²) in [7, 11) is 1.66. The number of aryl methyl sites for hydroxylation is 1. The third-order valence-electron chi connectivity index (χ3n) is 5.07. The Labute approximate surface area is 204 Å². The maximum atomic E-state index is 11.5. The van der Waals surface area contributed by atoms with E-state index in [0.29, 0.717) is 40.3 Å². The van der Waals surface area contributed by atoms with E-state index >= 15 is 0 Å². The molecule has 0 bridgehead atoms. The smallest absolute Gasteiger partial charge is 0.349 e. The van der Waals surface area contributed by atoms with E-state index in [1.165, 1.54) is 16.8 Å². The van der Waals surface area contributed by atoms with Crippen LogP contribution in [0.4, 0.5) is 5.82 Å². The van der Waals surface area contributed by atoms with Crippen LogP contribution in [-0.4, -0.2) is 41.3 Å². The fourth-order valence-corrected chi connectivity index (χ4v) is 6.05. The normalized spacial score (nSPS) is 11.0. The molecule has 0 radical (unpaired) electrons. The van der Waals surface area contributed by atoms with Gasteiger partial charge in [-0.05, 0) is 38.0 Å². The third-order valence-corrected chi connectivity index (χ3v) is 7.67. The highest BCUT2D eigenvalue weighted by atomic mass is 35.5. The first kappa shape index (κ1) is 23.3. The molecule has 0 fully saturated rings. The van der Waals surface area contributed by atoms with Crippen LogP contribution in [0.1, 0.15) is 27.0 Å². The van der Waals surface area contributed by atoms with Gasteiger partial charge in [0.15, 0.2) is 4.88 Å². The number of hydrogen-bond acceptors (Lipinski definition) is 8. The van der Waals surface area contributed by atoms with Gasteiger partial charge in [0.1, 0.15) is 23.6 Å². The molecule has 0 atom stereocenters. The monoisotopic (exact) mass is 503 g/mol. The number of anilines is 1. The van der Waals surface area contributed by atoms with Gasteiger partial charge in [-0.25, -0.2) is 14.8 Å². The molecule has 10 heteroatoms. The van der Waals surface area contributed by atoms with E-state index in [-0.39, 0.29) is 4.88 Å². The summed E-state index contributed by atoms with van der Waals surface area (Å²) in [4.78, 5) is 22.2. The number of halogens is 1. The minimum atomic E-state index is -1.02. The van der Waals surface area contributed by atoms with Crippen LogP contribution in [0.25, 0.3) is 20.7 Å². The van der Waals surface area contributed by atoms with Crippen molar-refractivity contribution in [3.63, 3.8) is 0 Å². The van der Waals surface area contributed by atoms with Crippen LogP contribution >= 0.6 is 34.3 Å². The van der Waals surface area contributed by atoms with Crippen LogP contribution in [0.3, 0.4) is 0 Å². The van der Waals surface area contributed by atoms with Gasteiger partial charge in [-0.1, -0.05) is 11.6 Å². The molecule has 0 unspecified atom stereocenters. The quantitative estimate of drug-likeness (QED) is 0.283. The first-order valence-electron chi connectivity index (χ1n) is 10.2. The Kier molecular flexibility index (Phi) is 7.02. The van der Waals surface area contributed by atoms with E-state index in [0.717, 1.165) is 33.6 Å². The number of carboxylic acid groups (broad SMARTS) is 1. The topological polar surface area (TPSA) is 93.6 Å². The second-order valence-corrected chi connectivity index (χ2v) is 9.78. The lowest BCUT2D eigenvalue weighted by molar-refractivity contribution is 0.0698. The summed E-state index contributed by atoms with van der Waals surface area (Å²) in [5, 5.41) is 14.5. The van der Waals surface area contributed by atoms with Gasteiger partial charge in [0, 0.05) is 34.0 Å². The maximum absolute atomic E-state index is 11.5. The Hall–Kier alpha value is -2.88. The summed E-state index contributed by atoms with van der Waals surface area (Å²) in [5.41, 5.74) is 1.82. The number of fused-ring (bicyclic) bond motifs is 1. The summed E-state index contributed by atoms with van der Waals surface area (Å²) >= 11 is 9.32. The second-order valence-electron chi connectivity index (χ2n) is 7.10. The molecule has 0 aliphatic carbocycles. The molecule has 0 spiro atoms. The van der Waals surface area contributed by atoms with Crippen molar-refractivity contribution in [1.82, 2.24) is 9.97 Å². The number of nitrogens with one attached hydrogen (secondary N) is 1. The molecule has 0 aliphatic rings. The molecule has 7 nitrogen and oxygen atoms in total. The second kappa shape index (κ2) is 9.94. The molecule has 3 heterocycles. The summed E-state index contributed by atoms with van der Waals surface area (Å²) in [6.07, 6.45) is 2.22. The van der Waals surface area contributed by atoms with Gasteiger partial charge in [-0.3, -0.25) is 0 Å². The van der Waals surface area contributed by atoms with Crippen molar-refractivity contribution >= 4 is 56.1 Å². The SMILES string of the molecule is CCOc1cc(-c2cc(NCCc3c(C)sc4c(OC)ccc(Cl)c34)ncn2)sc1C(=O)O. The summed E-state index contributed by atoms with van der Waals surface area (Å²) in [6.45, 7) is 4.94. The van der Waals surface area contributed by atoms with Gasteiger partial charge >= 0.3 is 5.97 Å². The van der Waals surface area contributed by atoms with Gasteiger partial charge in [0.25, 0.3) is 0 Å². The zero-order chi connectivity index (χ0) is 23.5. The van der Waals surface area contributed by atoms with Gasteiger partial charge in [-0.15, -0.1) is 22.7 Å². The Morgan fingerprint density at radius 3 is 2.76 bits per heavy atom. The number of aromatic carboxylic acids is 1. The first-order valence-corrected chi connectivity index (χ1v) is 12.2. The largest absolute Gasteiger partial charge is 0.495 e. The molecule has 1 aromatic carbocycles. The zero-order valence-corrected chi connectivity index (χ0v) is 20.7. The molecule has 172 valence electrons. The van der Waals surface area contributed by atoms with Crippen molar-refractivity contribution < 1.29 is 19.4 Å². The van der Waals surface area contributed by atoms with Crippen LogP contribution in [0.15, 0.2) is 30.6 Å². The molecule has 0 saturated heterocycles. The average molecular weight is 504 g/mol. The van der Waals surface area contributed by atoms with Crippen LogP contribution in [0, 0.1) is 6.92 Å². The highest BCUT2D eigenvalue weighted by Crippen LogP contribution is 2.41. The lowest BCUT2D eigenvalue weighted by Crippen LogP contribution is -2.07. The van der Waals surface area contributed by atoms with Crippen molar-refractivity contribution in [2.24, 2.45) is 0 Å². The number of carboxylic acids is 1. The van der Waals surface area contributed by atoms with Crippen molar-refractivity contribution in [1.29, 1.82) is 0 Å². The van der Waals surface area contributed by atoms with Crippen molar-refractivity contribution in [2.75, 3.05) is 25.6 Å². The lowest BCUT2D eigenvalue weighted by atomic mass is 10.1. The summed E-state index contributed by atoms with van der Waals surface area (Å²) < 4.78 is 12.0. The number of benzene rings is 1. The minimum absolute atomic E-state index is 0.159. The number of hydrogen-bond donors (Lipinski definition) is 2. The molecule has 0 aliphatic heterocycles. The van der Waals surface area contributed by atoms with E-state index in [2.05, 4.69) is 22.2 Å². The molecule has 3 aromatic heterocycles. The van der Waals surface area contributed by atoms with E-state index in [9.17, 15) is 9.90 Å². The Morgan fingerprint density at radius 2 is 2.03 bits per heavy atom. The number of carbonyl (C=O) groups is 1. The average Bonchev–Trinajstić information content (AvgIpc) is 3.37. The highest BCUT2D eigenvalue weighted by molar-refractivity contribution is 7.19. The molecule has 33 heavy (non-hydrogen) atoms.